The van der Waals surface area contributed by atoms with Crippen LogP contribution in [0.5, 0.6) is 0 Å². The van der Waals surface area contributed by atoms with Crippen LogP contribution in [0.3, 0.4) is 0 Å². The Morgan fingerprint density at radius 3 is 2.31 bits per heavy atom. The van der Waals surface area contributed by atoms with Crippen molar-refractivity contribution >= 4 is 7.12 Å². The van der Waals surface area contributed by atoms with Crippen molar-refractivity contribution in [2.45, 2.75) is 31.5 Å². The van der Waals surface area contributed by atoms with E-state index >= 15 is 0 Å². The van der Waals surface area contributed by atoms with Gasteiger partial charge in [0.25, 0.3) is 0 Å². The molecule has 3 nitrogen and oxygen atoms in total. The average molecular weight is 217 g/mol. The molecular formula is C12H16BNO2. The highest BCUT2D eigenvalue weighted by Gasteiger charge is 2.42. The number of hydrogen-bond donors (Lipinski definition) is 2. The van der Waals surface area contributed by atoms with Gasteiger partial charge < -0.3 is 10.0 Å². The molecule has 0 bridgehead atoms. The summed E-state index contributed by atoms with van der Waals surface area (Å²) in [4.78, 5) is 0. The Labute approximate surface area is 96.5 Å². The molecule has 0 aromatic heterocycles. The highest BCUT2D eigenvalue weighted by Crippen LogP contribution is 2.39. The smallest absolute Gasteiger partial charge is 0.427 e. The maximum Gasteiger partial charge on any atom is 0.456 e. The lowest BCUT2D eigenvalue weighted by Crippen LogP contribution is -2.37. The van der Waals surface area contributed by atoms with E-state index in [4.69, 9.17) is 0 Å². The Bertz CT molecular complexity index is 374. The van der Waals surface area contributed by atoms with E-state index < -0.39 is 18.4 Å². The predicted octanol–water partition coefficient (Wildman–Crippen LogP) is 1.72. The molecule has 1 aromatic rings. The van der Waals surface area contributed by atoms with Gasteiger partial charge >= 0.3 is 7.12 Å². The van der Waals surface area contributed by atoms with Crippen LogP contribution < -0.4 is 0 Å². The first-order chi connectivity index (χ1) is 7.58. The average Bonchev–Trinajstić information content (AvgIpc) is 2.32. The molecular weight excluding hydrogens is 201 g/mol. The van der Waals surface area contributed by atoms with Crippen molar-refractivity contribution in [3.8, 4) is 6.07 Å². The van der Waals surface area contributed by atoms with Gasteiger partial charge in [0, 0.05) is 5.82 Å². The van der Waals surface area contributed by atoms with Crippen molar-refractivity contribution in [3.05, 3.63) is 35.9 Å². The molecule has 0 radical (unpaired) electrons. The van der Waals surface area contributed by atoms with Crippen molar-refractivity contribution in [3.63, 3.8) is 0 Å². The fourth-order valence-electron chi connectivity index (χ4n) is 2.02. The summed E-state index contributed by atoms with van der Waals surface area (Å²) in [6.45, 7) is 3.57. The molecule has 4 heteroatoms. The second kappa shape index (κ2) is 5.15. The van der Waals surface area contributed by atoms with Gasteiger partial charge in [-0.2, -0.15) is 5.26 Å². The summed E-state index contributed by atoms with van der Waals surface area (Å²) in [6, 6.07) is 11.5. The van der Waals surface area contributed by atoms with Crippen molar-refractivity contribution in [2.24, 2.45) is 0 Å². The molecule has 2 atom stereocenters. The van der Waals surface area contributed by atoms with Crippen LogP contribution >= 0.6 is 0 Å². The van der Waals surface area contributed by atoms with E-state index in [1.165, 1.54) is 0 Å². The van der Waals surface area contributed by atoms with Crippen LogP contribution in [0.25, 0.3) is 0 Å². The zero-order valence-corrected chi connectivity index (χ0v) is 9.59. The van der Waals surface area contributed by atoms with Crippen LogP contribution in [0.2, 0.25) is 5.82 Å². The molecule has 0 aliphatic rings. The van der Waals surface area contributed by atoms with Gasteiger partial charge in [-0.1, -0.05) is 44.2 Å². The van der Waals surface area contributed by atoms with Crippen LogP contribution in [0.15, 0.2) is 30.3 Å². The molecule has 0 amide bonds. The van der Waals surface area contributed by atoms with Crippen molar-refractivity contribution in [1.29, 1.82) is 5.26 Å². The van der Waals surface area contributed by atoms with Gasteiger partial charge in [-0.15, -0.1) is 0 Å². The lowest BCUT2D eigenvalue weighted by molar-refractivity contribution is 0.350. The van der Waals surface area contributed by atoms with Gasteiger partial charge in [0.05, 0.1) is 11.5 Å². The maximum absolute atomic E-state index is 9.38. The Balaban J connectivity index is 3.23. The minimum atomic E-state index is -1.49. The first-order valence-electron chi connectivity index (χ1n) is 5.41. The minimum Gasteiger partial charge on any atom is -0.427 e. The molecule has 2 N–H and O–H groups in total. The van der Waals surface area contributed by atoms with E-state index in [-0.39, 0.29) is 0 Å². The molecule has 1 rings (SSSR count). The Kier molecular flexibility index (Phi) is 4.11. The van der Waals surface area contributed by atoms with Crippen LogP contribution in [-0.2, 0) is 5.41 Å². The molecule has 2 unspecified atom stereocenters. The highest BCUT2D eigenvalue weighted by molar-refractivity contribution is 6.43. The highest BCUT2D eigenvalue weighted by atomic mass is 16.4. The Morgan fingerprint density at radius 1 is 1.38 bits per heavy atom. The molecule has 0 heterocycles. The van der Waals surface area contributed by atoms with Gasteiger partial charge in [0.15, 0.2) is 0 Å². The summed E-state index contributed by atoms with van der Waals surface area (Å²) >= 11 is 0. The molecule has 0 fully saturated rings. The number of rotatable bonds is 4. The van der Waals surface area contributed by atoms with Crippen LogP contribution in [0.4, 0.5) is 0 Å². The quantitative estimate of drug-likeness (QED) is 0.754. The zero-order valence-electron chi connectivity index (χ0n) is 9.59. The number of hydrogen-bond acceptors (Lipinski definition) is 3. The van der Waals surface area contributed by atoms with E-state index in [0.29, 0.717) is 6.42 Å². The van der Waals surface area contributed by atoms with Crippen molar-refractivity contribution in [1.82, 2.24) is 0 Å². The third kappa shape index (κ3) is 2.11. The van der Waals surface area contributed by atoms with Gasteiger partial charge in [0.1, 0.15) is 0 Å². The van der Waals surface area contributed by atoms with Crippen LogP contribution in [0.1, 0.15) is 25.8 Å². The fourth-order valence-corrected chi connectivity index (χ4v) is 2.02. The van der Waals surface area contributed by atoms with E-state index in [2.05, 4.69) is 6.07 Å². The summed E-state index contributed by atoms with van der Waals surface area (Å²) in [7, 11) is -1.49. The van der Waals surface area contributed by atoms with Gasteiger partial charge in [0.2, 0.25) is 0 Å². The first-order valence-corrected chi connectivity index (χ1v) is 5.41. The van der Waals surface area contributed by atoms with Crippen molar-refractivity contribution in [2.75, 3.05) is 0 Å². The van der Waals surface area contributed by atoms with E-state index in [1.54, 1.807) is 6.92 Å². The summed E-state index contributed by atoms with van der Waals surface area (Å²) in [5, 5.41) is 27.9. The maximum atomic E-state index is 9.38. The molecule has 16 heavy (non-hydrogen) atoms. The van der Waals surface area contributed by atoms with Crippen LogP contribution in [-0.4, -0.2) is 17.2 Å². The molecule has 84 valence electrons. The minimum absolute atomic E-state index is 0.523. The second-order valence-corrected chi connectivity index (χ2v) is 4.01. The number of benzene rings is 1. The first kappa shape index (κ1) is 12.8. The fraction of sp³-hybridized carbons (Fsp3) is 0.417. The van der Waals surface area contributed by atoms with E-state index in [1.807, 2.05) is 37.3 Å². The molecule has 0 saturated heterocycles. The van der Waals surface area contributed by atoms with Crippen molar-refractivity contribution < 1.29 is 10.0 Å². The summed E-state index contributed by atoms with van der Waals surface area (Å²) in [5.41, 5.74) is -0.00398. The SMILES string of the molecule is CCC(C#N)(c1ccccc1)C(C)B(O)O. The third-order valence-electron chi connectivity index (χ3n) is 3.27. The number of nitrogens with zero attached hydrogens (tertiary/aromatic N) is 1. The van der Waals surface area contributed by atoms with Gasteiger partial charge in [-0.05, 0) is 12.0 Å². The summed E-state index contributed by atoms with van der Waals surface area (Å²) in [5.74, 6) is -0.523. The predicted molar refractivity (Wildman–Crippen MR) is 63.6 cm³/mol. The summed E-state index contributed by atoms with van der Waals surface area (Å²) < 4.78 is 0. The monoisotopic (exact) mass is 217 g/mol. The zero-order chi connectivity index (χ0) is 12.2. The Morgan fingerprint density at radius 2 is 1.94 bits per heavy atom. The van der Waals surface area contributed by atoms with Crippen LogP contribution in [0, 0.1) is 11.3 Å². The molecule has 0 saturated carbocycles. The van der Waals surface area contributed by atoms with E-state index in [0.717, 1.165) is 5.56 Å². The molecule has 0 aliphatic heterocycles. The standard InChI is InChI=1S/C12H16BNO2/c1-3-12(9-14,10(2)13(15)16)11-7-5-4-6-8-11/h4-8,10,15-16H,3H2,1-2H3. The lowest BCUT2D eigenvalue weighted by atomic mass is 9.55. The normalized spacial score (nSPS) is 15.9. The second-order valence-electron chi connectivity index (χ2n) is 4.01. The van der Waals surface area contributed by atoms with E-state index in [9.17, 15) is 15.3 Å². The molecule has 1 aromatic carbocycles. The van der Waals surface area contributed by atoms with Gasteiger partial charge in [-0.3, -0.25) is 0 Å². The molecule has 0 spiro atoms. The topological polar surface area (TPSA) is 64.2 Å². The third-order valence-corrected chi connectivity index (χ3v) is 3.27. The largest absolute Gasteiger partial charge is 0.456 e. The summed E-state index contributed by atoms with van der Waals surface area (Å²) in [6.07, 6.45) is 0.548. The molecule has 0 aliphatic carbocycles. The lowest BCUT2D eigenvalue weighted by Gasteiger charge is -2.31. The number of nitriles is 1. The Hall–Kier alpha value is -1.31. The van der Waals surface area contributed by atoms with Gasteiger partial charge in [-0.25, -0.2) is 0 Å².